The third-order valence-corrected chi connectivity index (χ3v) is 7.94. The van der Waals surface area contributed by atoms with Crippen LogP contribution in [0.1, 0.15) is 51.9 Å². The van der Waals surface area contributed by atoms with E-state index in [1.165, 1.54) is 25.7 Å². The highest BCUT2D eigenvalue weighted by atomic mass is 35.5. The van der Waals surface area contributed by atoms with E-state index < -0.39 is 23.5 Å². The average molecular weight is 387 g/mol. The molecule has 3 aliphatic rings. The molecule has 3 rings (SSSR count). The zero-order valence-corrected chi connectivity index (χ0v) is 16.7. The van der Waals surface area contributed by atoms with Crippen molar-refractivity contribution in [3.05, 3.63) is 0 Å². The van der Waals surface area contributed by atoms with Gasteiger partial charge in [0.2, 0.25) is 5.91 Å². The van der Waals surface area contributed by atoms with Gasteiger partial charge < -0.3 is 20.8 Å². The number of aliphatic hydroxyl groups is 2. The maximum atomic E-state index is 12.9. The second-order valence-electron chi connectivity index (χ2n) is 8.94. The van der Waals surface area contributed by atoms with Gasteiger partial charge in [-0.2, -0.15) is 0 Å². The number of piperidine rings is 1. The first-order valence-electron chi connectivity index (χ1n) is 10.4. The summed E-state index contributed by atoms with van der Waals surface area (Å²) in [6.07, 6.45) is 5.67. The van der Waals surface area contributed by atoms with Gasteiger partial charge in [0.05, 0.1) is 23.5 Å². The standard InChI is InChI=1S/C20H35ClN2O3/c1-12-9-16(18(24)19(25)17(12)21)20(26)23-7-5-14(6-8-23)15-4-2-3-13(10-15)11-22/h12-19,24-25H,2-11,22H2,1H3. The molecule has 5 nitrogen and oxygen atoms in total. The van der Waals surface area contributed by atoms with Gasteiger partial charge in [0.25, 0.3) is 0 Å². The van der Waals surface area contributed by atoms with Crippen molar-refractivity contribution < 1.29 is 15.0 Å². The molecule has 3 fully saturated rings. The Kier molecular flexibility index (Phi) is 6.87. The average Bonchev–Trinajstić information content (AvgIpc) is 2.68. The topological polar surface area (TPSA) is 86.8 Å². The second-order valence-corrected chi connectivity index (χ2v) is 9.44. The van der Waals surface area contributed by atoms with Crippen molar-refractivity contribution in [1.29, 1.82) is 0 Å². The molecule has 6 heteroatoms. The fourth-order valence-corrected chi connectivity index (χ4v) is 5.73. The summed E-state index contributed by atoms with van der Waals surface area (Å²) in [5, 5.41) is 20.0. The lowest BCUT2D eigenvalue weighted by Gasteiger charge is -2.43. The van der Waals surface area contributed by atoms with Crippen molar-refractivity contribution in [3.63, 3.8) is 0 Å². The molecule has 26 heavy (non-hydrogen) atoms. The van der Waals surface area contributed by atoms with Crippen LogP contribution in [0.5, 0.6) is 0 Å². The lowest BCUT2D eigenvalue weighted by molar-refractivity contribution is -0.149. The van der Waals surface area contributed by atoms with Crippen molar-refractivity contribution in [2.24, 2.45) is 35.3 Å². The quantitative estimate of drug-likeness (QED) is 0.647. The number of nitrogens with two attached hydrogens (primary N) is 1. The minimum Gasteiger partial charge on any atom is -0.390 e. The summed E-state index contributed by atoms with van der Waals surface area (Å²) >= 11 is 6.15. The van der Waals surface area contributed by atoms with Crippen LogP contribution in [0.3, 0.4) is 0 Å². The highest BCUT2D eigenvalue weighted by Gasteiger charge is 2.45. The Morgan fingerprint density at radius 3 is 2.42 bits per heavy atom. The van der Waals surface area contributed by atoms with Crippen LogP contribution < -0.4 is 5.73 Å². The molecule has 1 amide bonds. The lowest BCUT2D eigenvalue weighted by atomic mass is 9.72. The molecule has 2 aliphatic carbocycles. The molecule has 1 saturated heterocycles. The number of likely N-dealkylation sites (tertiary alicyclic amines) is 1. The highest BCUT2D eigenvalue weighted by Crippen LogP contribution is 2.39. The minimum absolute atomic E-state index is 0.00565. The molecule has 0 radical (unpaired) electrons. The van der Waals surface area contributed by atoms with Gasteiger partial charge in [-0.25, -0.2) is 0 Å². The van der Waals surface area contributed by atoms with Crippen molar-refractivity contribution in [2.75, 3.05) is 19.6 Å². The smallest absolute Gasteiger partial charge is 0.228 e. The molecule has 7 atom stereocenters. The molecular formula is C20H35ClN2O3. The van der Waals surface area contributed by atoms with Gasteiger partial charge in [-0.05, 0) is 62.3 Å². The van der Waals surface area contributed by atoms with Crippen LogP contribution in [0.4, 0.5) is 0 Å². The molecule has 1 heterocycles. The number of carbonyl (C=O) groups excluding carboxylic acids is 1. The van der Waals surface area contributed by atoms with Gasteiger partial charge in [0, 0.05) is 13.1 Å². The summed E-state index contributed by atoms with van der Waals surface area (Å²) in [6.45, 7) is 4.28. The van der Waals surface area contributed by atoms with Crippen LogP contribution in [0.2, 0.25) is 0 Å². The molecule has 1 aliphatic heterocycles. The number of nitrogens with zero attached hydrogens (tertiary/aromatic N) is 1. The number of amides is 1. The summed E-state index contributed by atoms with van der Waals surface area (Å²) in [5.41, 5.74) is 5.88. The fourth-order valence-electron chi connectivity index (χ4n) is 5.48. The molecule has 7 unspecified atom stereocenters. The van der Waals surface area contributed by atoms with Crippen LogP contribution in [-0.4, -0.2) is 58.2 Å². The van der Waals surface area contributed by atoms with E-state index in [2.05, 4.69) is 0 Å². The first kappa shape index (κ1) is 20.4. The predicted molar refractivity (Wildman–Crippen MR) is 103 cm³/mol. The Labute approximate surface area is 162 Å². The number of carbonyl (C=O) groups is 1. The van der Waals surface area contributed by atoms with E-state index in [1.807, 2.05) is 11.8 Å². The van der Waals surface area contributed by atoms with E-state index >= 15 is 0 Å². The molecule has 2 saturated carbocycles. The van der Waals surface area contributed by atoms with E-state index in [1.54, 1.807) is 0 Å². The number of halogens is 1. The van der Waals surface area contributed by atoms with Crippen molar-refractivity contribution in [3.8, 4) is 0 Å². The van der Waals surface area contributed by atoms with Gasteiger partial charge in [0.15, 0.2) is 0 Å². The summed E-state index contributed by atoms with van der Waals surface area (Å²) in [5.74, 6) is 1.63. The number of hydrogen-bond acceptors (Lipinski definition) is 4. The highest BCUT2D eigenvalue weighted by molar-refractivity contribution is 6.21. The third-order valence-electron chi connectivity index (χ3n) is 7.25. The van der Waals surface area contributed by atoms with Crippen LogP contribution in [0.15, 0.2) is 0 Å². The number of alkyl halides is 1. The number of rotatable bonds is 3. The molecule has 0 aromatic rings. The first-order chi connectivity index (χ1) is 12.4. The Bertz CT molecular complexity index is 484. The Balaban J connectivity index is 1.53. The summed E-state index contributed by atoms with van der Waals surface area (Å²) in [6, 6.07) is 0. The maximum Gasteiger partial charge on any atom is 0.228 e. The Morgan fingerprint density at radius 2 is 1.77 bits per heavy atom. The Hall–Kier alpha value is -0.360. The van der Waals surface area contributed by atoms with E-state index in [9.17, 15) is 15.0 Å². The van der Waals surface area contributed by atoms with Crippen molar-refractivity contribution >= 4 is 17.5 Å². The molecular weight excluding hydrogens is 352 g/mol. The SMILES string of the molecule is CC1CC(C(=O)N2CCC(C3CCCC(CN)C3)CC2)C(O)C(O)C1Cl. The zero-order valence-electron chi connectivity index (χ0n) is 15.9. The maximum absolute atomic E-state index is 12.9. The minimum atomic E-state index is -1.05. The summed E-state index contributed by atoms with van der Waals surface area (Å²) in [7, 11) is 0. The van der Waals surface area contributed by atoms with Gasteiger partial charge in [-0.3, -0.25) is 4.79 Å². The van der Waals surface area contributed by atoms with Gasteiger partial charge >= 0.3 is 0 Å². The van der Waals surface area contributed by atoms with Crippen LogP contribution in [0.25, 0.3) is 0 Å². The van der Waals surface area contributed by atoms with Crippen molar-refractivity contribution in [1.82, 2.24) is 4.90 Å². The van der Waals surface area contributed by atoms with Crippen LogP contribution in [-0.2, 0) is 4.79 Å². The fraction of sp³-hybridized carbons (Fsp3) is 0.950. The number of hydrogen-bond donors (Lipinski definition) is 3. The van der Waals surface area contributed by atoms with E-state index in [4.69, 9.17) is 17.3 Å². The van der Waals surface area contributed by atoms with Crippen molar-refractivity contribution in [2.45, 2.75) is 69.5 Å². The number of aliphatic hydroxyl groups excluding tert-OH is 2. The van der Waals surface area contributed by atoms with Gasteiger partial charge in [-0.1, -0.05) is 19.8 Å². The molecule has 150 valence electrons. The Morgan fingerprint density at radius 1 is 1.08 bits per heavy atom. The van der Waals surface area contributed by atoms with Crippen LogP contribution >= 0.6 is 11.6 Å². The van der Waals surface area contributed by atoms with E-state index in [0.717, 1.165) is 38.4 Å². The van der Waals surface area contributed by atoms with E-state index in [-0.39, 0.29) is 11.8 Å². The lowest BCUT2D eigenvalue weighted by Crippen LogP contribution is -2.54. The third kappa shape index (κ3) is 4.21. The summed E-state index contributed by atoms with van der Waals surface area (Å²) < 4.78 is 0. The zero-order chi connectivity index (χ0) is 18.8. The summed E-state index contributed by atoms with van der Waals surface area (Å²) in [4.78, 5) is 14.8. The molecule has 0 aromatic carbocycles. The van der Waals surface area contributed by atoms with Gasteiger partial charge in [0.1, 0.15) is 0 Å². The van der Waals surface area contributed by atoms with Gasteiger partial charge in [-0.15, -0.1) is 11.6 Å². The molecule has 4 N–H and O–H groups in total. The normalized spacial score (nSPS) is 42.7. The van der Waals surface area contributed by atoms with E-state index in [0.29, 0.717) is 18.3 Å². The molecule has 0 spiro atoms. The first-order valence-corrected chi connectivity index (χ1v) is 10.8. The second kappa shape index (κ2) is 8.76. The predicted octanol–water partition coefficient (Wildman–Crippen LogP) is 1.98. The monoisotopic (exact) mass is 386 g/mol. The largest absolute Gasteiger partial charge is 0.390 e. The molecule has 0 aromatic heterocycles. The molecule has 0 bridgehead atoms. The van der Waals surface area contributed by atoms with Crippen LogP contribution in [0, 0.1) is 29.6 Å².